The first kappa shape index (κ1) is 16.7. The molecule has 1 unspecified atom stereocenters. The largest absolute Gasteiger partial charge is 0.340 e. The molecule has 1 atom stereocenters. The van der Waals surface area contributed by atoms with Gasteiger partial charge in [-0.1, -0.05) is 6.42 Å². The topological polar surface area (TPSA) is 38.8 Å². The third-order valence-electron chi connectivity index (χ3n) is 4.94. The van der Waals surface area contributed by atoms with E-state index >= 15 is 0 Å². The van der Waals surface area contributed by atoms with Gasteiger partial charge in [0.1, 0.15) is 0 Å². The van der Waals surface area contributed by atoms with Crippen LogP contribution in [0.4, 0.5) is 0 Å². The Labute approximate surface area is 129 Å². The van der Waals surface area contributed by atoms with Crippen molar-refractivity contribution >= 4 is 5.91 Å². The Morgan fingerprint density at radius 3 is 2.67 bits per heavy atom. The predicted octanol–water partition coefficient (Wildman–Crippen LogP) is 0.615. The van der Waals surface area contributed by atoms with Crippen LogP contribution in [0.2, 0.25) is 0 Å². The van der Waals surface area contributed by atoms with Crippen molar-refractivity contribution in [1.29, 1.82) is 0 Å². The van der Waals surface area contributed by atoms with E-state index in [2.05, 4.69) is 29.2 Å². The molecule has 0 radical (unpaired) electrons. The van der Waals surface area contributed by atoms with Gasteiger partial charge in [0.05, 0.1) is 0 Å². The van der Waals surface area contributed by atoms with Crippen LogP contribution in [0.25, 0.3) is 0 Å². The molecule has 0 spiro atoms. The van der Waals surface area contributed by atoms with Gasteiger partial charge in [0.2, 0.25) is 5.91 Å². The van der Waals surface area contributed by atoms with Crippen molar-refractivity contribution in [2.75, 3.05) is 59.9 Å². The van der Waals surface area contributed by atoms with Gasteiger partial charge < -0.3 is 20.0 Å². The lowest BCUT2D eigenvalue weighted by Crippen LogP contribution is -2.47. The number of amides is 1. The molecule has 2 heterocycles. The zero-order valence-corrected chi connectivity index (χ0v) is 13.8. The number of piperazine rings is 1. The van der Waals surface area contributed by atoms with E-state index in [1.165, 1.54) is 32.2 Å². The highest BCUT2D eigenvalue weighted by Crippen LogP contribution is 2.17. The van der Waals surface area contributed by atoms with Gasteiger partial charge in [-0.15, -0.1) is 0 Å². The minimum atomic E-state index is 0.318. The molecule has 0 aromatic heterocycles. The normalized spacial score (nSPS) is 24.5. The molecule has 2 aliphatic rings. The summed E-state index contributed by atoms with van der Waals surface area (Å²) in [6.45, 7) is 6.86. The lowest BCUT2D eigenvalue weighted by molar-refractivity contribution is -0.132. The van der Waals surface area contributed by atoms with Crippen molar-refractivity contribution in [2.45, 2.75) is 38.1 Å². The number of rotatable bonds is 6. The molecule has 122 valence electrons. The second kappa shape index (κ2) is 8.71. The van der Waals surface area contributed by atoms with Crippen LogP contribution < -0.4 is 5.32 Å². The van der Waals surface area contributed by atoms with Crippen molar-refractivity contribution in [1.82, 2.24) is 20.0 Å². The molecule has 0 saturated carbocycles. The standard InChI is InChI=1S/C16H32N4O/c1-18(11-6-15-5-3-4-10-19(15)2)12-7-16(21)20-13-8-17-9-14-20/h15,17H,3-14H2,1-2H3. The number of carbonyl (C=O) groups is 1. The Morgan fingerprint density at radius 2 is 1.95 bits per heavy atom. The molecule has 2 rings (SSSR count). The molecular weight excluding hydrogens is 264 g/mol. The first-order valence-corrected chi connectivity index (χ1v) is 8.54. The van der Waals surface area contributed by atoms with Crippen molar-refractivity contribution in [2.24, 2.45) is 0 Å². The summed E-state index contributed by atoms with van der Waals surface area (Å²) in [6.07, 6.45) is 5.96. The molecule has 2 aliphatic heterocycles. The fraction of sp³-hybridized carbons (Fsp3) is 0.938. The predicted molar refractivity (Wildman–Crippen MR) is 86.4 cm³/mol. The van der Waals surface area contributed by atoms with Crippen LogP contribution >= 0.6 is 0 Å². The summed E-state index contributed by atoms with van der Waals surface area (Å²) in [7, 11) is 4.39. The Bertz CT molecular complexity index is 317. The Hall–Kier alpha value is -0.650. The number of piperidine rings is 1. The molecule has 2 fully saturated rings. The van der Waals surface area contributed by atoms with Crippen LogP contribution in [-0.4, -0.2) is 86.6 Å². The highest BCUT2D eigenvalue weighted by atomic mass is 16.2. The van der Waals surface area contributed by atoms with Gasteiger partial charge in [-0.05, 0) is 46.4 Å². The molecule has 0 aromatic carbocycles. The zero-order chi connectivity index (χ0) is 15.1. The minimum Gasteiger partial charge on any atom is -0.340 e. The molecule has 2 saturated heterocycles. The van der Waals surface area contributed by atoms with E-state index in [1.54, 1.807) is 0 Å². The molecule has 21 heavy (non-hydrogen) atoms. The van der Waals surface area contributed by atoms with Crippen LogP contribution in [0.15, 0.2) is 0 Å². The van der Waals surface area contributed by atoms with Crippen LogP contribution in [-0.2, 0) is 4.79 Å². The summed E-state index contributed by atoms with van der Waals surface area (Å²) in [6, 6.07) is 0.741. The monoisotopic (exact) mass is 296 g/mol. The molecule has 1 amide bonds. The van der Waals surface area contributed by atoms with Gasteiger partial charge >= 0.3 is 0 Å². The summed E-state index contributed by atoms with van der Waals surface area (Å²) in [4.78, 5) is 18.9. The quantitative estimate of drug-likeness (QED) is 0.780. The van der Waals surface area contributed by atoms with Gasteiger partial charge in [0.25, 0.3) is 0 Å². The summed E-state index contributed by atoms with van der Waals surface area (Å²) in [5.74, 6) is 0.318. The molecule has 5 heteroatoms. The first-order chi connectivity index (χ1) is 10.2. The molecule has 1 N–H and O–H groups in total. The van der Waals surface area contributed by atoms with Gasteiger partial charge in [0.15, 0.2) is 0 Å². The number of nitrogens with zero attached hydrogens (tertiary/aromatic N) is 3. The van der Waals surface area contributed by atoms with Crippen molar-refractivity contribution in [3.8, 4) is 0 Å². The summed E-state index contributed by atoms with van der Waals surface area (Å²) < 4.78 is 0. The average Bonchev–Trinajstić information content (AvgIpc) is 2.52. The van der Waals surface area contributed by atoms with Gasteiger partial charge in [-0.25, -0.2) is 0 Å². The van der Waals surface area contributed by atoms with Gasteiger partial charge in [-0.2, -0.15) is 0 Å². The second-order valence-corrected chi connectivity index (χ2v) is 6.60. The third kappa shape index (κ3) is 5.57. The Morgan fingerprint density at radius 1 is 1.19 bits per heavy atom. The fourth-order valence-corrected chi connectivity index (χ4v) is 3.35. The van der Waals surface area contributed by atoms with E-state index in [1.807, 2.05) is 4.90 Å². The molecule has 0 aromatic rings. The highest BCUT2D eigenvalue weighted by molar-refractivity contribution is 5.76. The highest BCUT2D eigenvalue weighted by Gasteiger charge is 2.20. The zero-order valence-electron chi connectivity index (χ0n) is 13.8. The summed E-state index contributed by atoms with van der Waals surface area (Å²) in [5, 5.41) is 3.29. The van der Waals surface area contributed by atoms with E-state index in [0.29, 0.717) is 12.3 Å². The van der Waals surface area contributed by atoms with Crippen LogP contribution in [0.5, 0.6) is 0 Å². The van der Waals surface area contributed by atoms with Gasteiger partial charge in [-0.3, -0.25) is 4.79 Å². The lowest BCUT2D eigenvalue weighted by Gasteiger charge is -2.33. The molecular formula is C16H32N4O. The van der Waals surface area contributed by atoms with E-state index in [0.717, 1.165) is 45.3 Å². The van der Waals surface area contributed by atoms with Crippen LogP contribution in [0, 0.1) is 0 Å². The maximum absolute atomic E-state index is 12.1. The fourth-order valence-electron chi connectivity index (χ4n) is 3.35. The lowest BCUT2D eigenvalue weighted by atomic mass is 10.00. The summed E-state index contributed by atoms with van der Waals surface area (Å²) >= 11 is 0. The number of carbonyl (C=O) groups excluding carboxylic acids is 1. The maximum atomic E-state index is 12.1. The average molecular weight is 296 g/mol. The number of nitrogens with one attached hydrogen (secondary N) is 1. The van der Waals surface area contributed by atoms with Crippen LogP contribution in [0.3, 0.4) is 0 Å². The Balaban J connectivity index is 1.60. The van der Waals surface area contributed by atoms with Crippen molar-refractivity contribution in [3.05, 3.63) is 0 Å². The van der Waals surface area contributed by atoms with E-state index in [9.17, 15) is 4.79 Å². The van der Waals surface area contributed by atoms with Crippen molar-refractivity contribution in [3.63, 3.8) is 0 Å². The number of hydrogen-bond acceptors (Lipinski definition) is 4. The SMILES string of the molecule is CN(CCC(=O)N1CCNCC1)CCC1CCCCN1C. The van der Waals surface area contributed by atoms with E-state index < -0.39 is 0 Å². The van der Waals surface area contributed by atoms with Crippen LogP contribution in [0.1, 0.15) is 32.1 Å². The number of hydrogen-bond donors (Lipinski definition) is 1. The van der Waals surface area contributed by atoms with E-state index in [4.69, 9.17) is 0 Å². The molecule has 0 bridgehead atoms. The molecule has 0 aliphatic carbocycles. The second-order valence-electron chi connectivity index (χ2n) is 6.60. The smallest absolute Gasteiger partial charge is 0.223 e. The first-order valence-electron chi connectivity index (χ1n) is 8.54. The maximum Gasteiger partial charge on any atom is 0.223 e. The molecule has 5 nitrogen and oxygen atoms in total. The van der Waals surface area contributed by atoms with Gasteiger partial charge in [0, 0.05) is 45.2 Å². The Kier molecular flexibility index (Phi) is 6.93. The summed E-state index contributed by atoms with van der Waals surface area (Å²) in [5.41, 5.74) is 0. The van der Waals surface area contributed by atoms with Crippen molar-refractivity contribution < 1.29 is 4.79 Å². The van der Waals surface area contributed by atoms with E-state index in [-0.39, 0.29) is 0 Å². The third-order valence-corrected chi connectivity index (χ3v) is 4.94. The minimum absolute atomic E-state index is 0.318. The number of likely N-dealkylation sites (tertiary alicyclic amines) is 1.